The van der Waals surface area contributed by atoms with E-state index in [-0.39, 0.29) is 6.54 Å². The van der Waals surface area contributed by atoms with Crippen molar-refractivity contribution in [3.8, 4) is 0 Å². The summed E-state index contributed by atoms with van der Waals surface area (Å²) in [4.78, 5) is 22.7. The lowest BCUT2D eigenvalue weighted by Crippen LogP contribution is -2.27. The maximum atomic E-state index is 10.3. The third kappa shape index (κ3) is 2.27. The molecule has 0 unspecified atom stereocenters. The summed E-state index contributed by atoms with van der Waals surface area (Å²) in [5.41, 5.74) is 0. The Morgan fingerprint density at radius 3 is 2.44 bits per heavy atom. The van der Waals surface area contributed by atoms with E-state index in [1.54, 1.807) is 6.92 Å². The highest BCUT2D eigenvalue weighted by Gasteiger charge is 2.10. The largest absolute Gasteiger partial charge is 0.378 e. The van der Waals surface area contributed by atoms with Crippen LogP contribution in [0.15, 0.2) is 5.29 Å². The molecule has 2 amide bonds. The molecule has 0 bridgehead atoms. The Morgan fingerprint density at radius 2 is 2.33 bits per heavy atom. The van der Waals surface area contributed by atoms with E-state index in [2.05, 4.69) is 10.1 Å². The van der Waals surface area contributed by atoms with Gasteiger partial charge in [0.05, 0.1) is 5.29 Å². The number of carbonyl (C=O) groups is 1. The van der Waals surface area contributed by atoms with Crippen molar-refractivity contribution in [3.63, 3.8) is 0 Å². The van der Waals surface area contributed by atoms with Crippen LogP contribution in [-0.2, 0) is 0 Å². The fourth-order valence-electron chi connectivity index (χ4n) is 0.272. The maximum absolute atomic E-state index is 10.3. The first-order valence-corrected chi connectivity index (χ1v) is 2.56. The summed E-state index contributed by atoms with van der Waals surface area (Å²) < 4.78 is 0. The van der Waals surface area contributed by atoms with Gasteiger partial charge in [-0.1, -0.05) is 0 Å². The zero-order valence-corrected chi connectivity index (χ0v) is 5.50. The van der Waals surface area contributed by atoms with Gasteiger partial charge < -0.3 is 0 Å². The van der Waals surface area contributed by atoms with E-state index >= 15 is 0 Å². The number of hydrogen-bond acceptors (Lipinski definition) is 3. The van der Waals surface area contributed by atoms with E-state index in [9.17, 15) is 9.70 Å². The van der Waals surface area contributed by atoms with Gasteiger partial charge in [-0.05, 0) is 6.92 Å². The molecule has 0 heterocycles. The first-order valence-electron chi connectivity index (χ1n) is 2.23. The summed E-state index contributed by atoms with van der Waals surface area (Å²) in [5, 5.41) is 2.94. The minimum Gasteiger partial charge on any atom is -0.243 e. The lowest BCUT2D eigenvalue weighted by Gasteiger charge is -2.04. The quantitative estimate of drug-likeness (QED) is 0.433. The molecule has 0 aromatic rings. The number of amides is 2. The van der Waals surface area contributed by atoms with Crippen LogP contribution in [-0.4, -0.2) is 17.6 Å². The first kappa shape index (κ1) is 8.16. The van der Waals surface area contributed by atoms with Crippen LogP contribution in [0.5, 0.6) is 0 Å². The Morgan fingerprint density at radius 1 is 1.78 bits per heavy atom. The summed E-state index contributed by atoms with van der Waals surface area (Å²) in [6, 6.07) is -0.839. The van der Waals surface area contributed by atoms with Gasteiger partial charge in [0.2, 0.25) is 0 Å². The van der Waals surface area contributed by atoms with Crippen LogP contribution in [0.3, 0.4) is 0 Å². The predicted octanol–water partition coefficient (Wildman–Crippen LogP) is 0.868. The van der Waals surface area contributed by atoms with Gasteiger partial charge in [0.15, 0.2) is 0 Å². The smallest absolute Gasteiger partial charge is 0.243 e. The van der Waals surface area contributed by atoms with Gasteiger partial charge in [-0.2, -0.15) is 5.01 Å². The second kappa shape index (κ2) is 4.08. The van der Waals surface area contributed by atoms with Crippen molar-refractivity contribution in [1.29, 1.82) is 0 Å². The molecule has 5 nitrogen and oxygen atoms in total. The highest BCUT2D eigenvalue weighted by Crippen LogP contribution is 1.90. The number of urea groups is 1. The van der Waals surface area contributed by atoms with Crippen molar-refractivity contribution in [2.75, 3.05) is 6.54 Å². The normalized spacial score (nSPS) is 8.22. The molecular formula is C3H5ClN3O2. The molecule has 0 aliphatic heterocycles. The molecule has 9 heavy (non-hydrogen) atoms. The van der Waals surface area contributed by atoms with Crippen molar-refractivity contribution in [2.45, 2.75) is 6.92 Å². The van der Waals surface area contributed by atoms with Crippen LogP contribution in [0.2, 0.25) is 0 Å². The number of carbonyl (C=O) groups excluding carboxylic acids is 1. The van der Waals surface area contributed by atoms with Gasteiger partial charge in [0, 0.05) is 18.3 Å². The van der Waals surface area contributed by atoms with Crippen LogP contribution >= 0.6 is 11.8 Å². The Hall–Kier alpha value is -0.840. The molecule has 0 saturated carbocycles. The topological polar surface area (TPSA) is 63.8 Å². The van der Waals surface area contributed by atoms with Gasteiger partial charge in [0.1, 0.15) is 0 Å². The molecule has 1 radical (unpaired) electrons. The highest BCUT2D eigenvalue weighted by molar-refractivity contribution is 6.20. The molecule has 0 rings (SSSR count). The first-order chi connectivity index (χ1) is 4.26. The van der Waals surface area contributed by atoms with Gasteiger partial charge in [-0.15, -0.1) is 9.74 Å². The third-order valence-electron chi connectivity index (χ3n) is 0.691. The zero-order valence-electron chi connectivity index (χ0n) is 4.74. The summed E-state index contributed by atoms with van der Waals surface area (Å²) in [6.45, 7) is 1.76. The Bertz CT molecular complexity index is 118. The van der Waals surface area contributed by atoms with Gasteiger partial charge in [-0.3, -0.25) is 0 Å². The Kier molecular flexibility index (Phi) is 3.70. The molecule has 0 N–H and O–H groups in total. The molecule has 0 atom stereocenters. The second-order valence-corrected chi connectivity index (χ2v) is 1.33. The van der Waals surface area contributed by atoms with E-state index in [4.69, 9.17) is 11.8 Å². The van der Waals surface area contributed by atoms with Crippen molar-refractivity contribution in [3.05, 3.63) is 4.91 Å². The monoisotopic (exact) mass is 150 g/mol. The lowest BCUT2D eigenvalue weighted by atomic mass is 10.7. The van der Waals surface area contributed by atoms with Gasteiger partial charge in [-0.25, -0.2) is 4.79 Å². The van der Waals surface area contributed by atoms with Crippen LogP contribution < -0.4 is 4.84 Å². The van der Waals surface area contributed by atoms with E-state index in [0.29, 0.717) is 5.01 Å². The number of hydrogen-bond donors (Lipinski definition) is 0. The van der Waals surface area contributed by atoms with E-state index in [1.165, 1.54) is 0 Å². The number of nitrogens with zero attached hydrogens (tertiary/aromatic N) is 3. The van der Waals surface area contributed by atoms with Crippen molar-refractivity contribution in [2.24, 2.45) is 5.29 Å². The van der Waals surface area contributed by atoms with Gasteiger partial charge in [0.25, 0.3) is 0 Å². The van der Waals surface area contributed by atoms with Crippen LogP contribution in [0, 0.1) is 4.91 Å². The Balaban J connectivity index is 3.78. The standard InChI is InChI=1S/C3H5ClN3O2/c1-2-7(6-9)3(8)5-4/h2H2,1H3. The third-order valence-corrected chi connectivity index (χ3v) is 0.836. The van der Waals surface area contributed by atoms with E-state index in [0.717, 1.165) is 0 Å². The summed E-state index contributed by atoms with van der Waals surface area (Å²) in [6.07, 6.45) is 0. The average Bonchev–Trinajstić information content (AvgIpc) is 1.90. The molecule has 0 aliphatic carbocycles. The van der Waals surface area contributed by atoms with Crippen molar-refractivity contribution >= 4 is 17.8 Å². The van der Waals surface area contributed by atoms with Crippen molar-refractivity contribution in [1.82, 2.24) is 9.84 Å². The average molecular weight is 151 g/mol. The molecule has 0 aromatic heterocycles. The van der Waals surface area contributed by atoms with Crippen LogP contribution in [0.1, 0.15) is 6.92 Å². The second-order valence-electron chi connectivity index (χ2n) is 1.16. The molecule has 0 saturated heterocycles. The minimum atomic E-state index is -0.839. The molecule has 0 fully saturated rings. The molecule has 0 spiro atoms. The predicted molar refractivity (Wildman–Crippen MR) is 31.6 cm³/mol. The van der Waals surface area contributed by atoms with Crippen LogP contribution in [0.25, 0.3) is 0 Å². The fourth-order valence-corrected chi connectivity index (χ4v) is 0.359. The number of rotatable bonds is 2. The molecular weight excluding hydrogens is 146 g/mol. The summed E-state index contributed by atoms with van der Waals surface area (Å²) in [5.74, 6) is 0. The Labute approximate surface area is 57.0 Å². The SMILES string of the molecule is CCN(N=O)C(=O)[N]Cl. The van der Waals surface area contributed by atoms with Crippen molar-refractivity contribution < 1.29 is 4.79 Å². The fraction of sp³-hybridized carbons (Fsp3) is 0.667. The summed E-state index contributed by atoms with van der Waals surface area (Å²) in [7, 11) is 0. The summed E-state index contributed by atoms with van der Waals surface area (Å²) >= 11 is 4.74. The van der Waals surface area contributed by atoms with Crippen LogP contribution in [0.4, 0.5) is 4.79 Å². The molecule has 6 heteroatoms. The highest BCUT2D eigenvalue weighted by atomic mass is 35.5. The minimum absolute atomic E-state index is 0.179. The molecule has 0 aromatic carbocycles. The zero-order chi connectivity index (χ0) is 7.28. The number of nitroso groups, excluding NO2 is 1. The van der Waals surface area contributed by atoms with Gasteiger partial charge >= 0.3 is 6.03 Å². The van der Waals surface area contributed by atoms with E-state index in [1.807, 2.05) is 0 Å². The maximum Gasteiger partial charge on any atom is 0.378 e. The molecule has 51 valence electrons. The number of halogens is 1. The van der Waals surface area contributed by atoms with E-state index < -0.39 is 6.03 Å². The lowest BCUT2D eigenvalue weighted by molar-refractivity contribution is 0.207. The molecule has 0 aliphatic rings.